The van der Waals surface area contributed by atoms with Crippen molar-refractivity contribution in [3.8, 4) is 0 Å². The molecule has 0 N–H and O–H groups in total. The van der Waals surface area contributed by atoms with Crippen LogP contribution in [0.3, 0.4) is 0 Å². The smallest absolute Gasteiger partial charge is 0.327 e. The van der Waals surface area contributed by atoms with Crippen LogP contribution < -0.4 is 0 Å². The molecule has 0 aromatic heterocycles. The molecule has 14 heavy (non-hydrogen) atoms. The zero-order valence-electron chi connectivity index (χ0n) is 8.95. The molecule has 0 aromatic rings. The van der Waals surface area contributed by atoms with Gasteiger partial charge in [-0.2, -0.15) is 0 Å². The molecule has 1 atom stereocenters. The summed E-state index contributed by atoms with van der Waals surface area (Å²) in [7, 11) is 0. The van der Waals surface area contributed by atoms with E-state index < -0.39 is 11.9 Å². The number of carbonyl (C=O) groups excluding carboxylic acids is 2. The minimum Gasteiger partial charge on any atom is -0.391 e. The fourth-order valence-electron chi connectivity index (χ4n) is 1.72. The summed E-state index contributed by atoms with van der Waals surface area (Å²) in [5, 5.41) is 0. The molecule has 0 amide bonds. The van der Waals surface area contributed by atoms with Crippen molar-refractivity contribution in [2.75, 3.05) is 13.1 Å². The van der Waals surface area contributed by atoms with Crippen molar-refractivity contribution < 1.29 is 14.3 Å². The number of hydrogen-bond donors (Lipinski definition) is 0. The first kappa shape index (κ1) is 11.2. The maximum atomic E-state index is 11.0. The van der Waals surface area contributed by atoms with Crippen LogP contribution in [0.5, 0.6) is 0 Å². The van der Waals surface area contributed by atoms with Gasteiger partial charge in [-0.3, -0.25) is 14.5 Å². The fourth-order valence-corrected chi connectivity index (χ4v) is 1.72. The lowest BCUT2D eigenvalue weighted by atomic mass is 10.0. The summed E-state index contributed by atoms with van der Waals surface area (Å²) in [6.07, 6.45) is 0.987. The summed E-state index contributed by atoms with van der Waals surface area (Å²) >= 11 is 0. The van der Waals surface area contributed by atoms with E-state index in [1.165, 1.54) is 0 Å². The topological polar surface area (TPSA) is 46.6 Å². The van der Waals surface area contributed by atoms with E-state index in [-0.39, 0.29) is 19.1 Å². The van der Waals surface area contributed by atoms with E-state index in [1.807, 2.05) is 11.8 Å². The molecule has 1 fully saturated rings. The summed E-state index contributed by atoms with van der Waals surface area (Å²) in [6, 6.07) is 0.256. The van der Waals surface area contributed by atoms with Crippen molar-refractivity contribution in [1.82, 2.24) is 4.90 Å². The molecule has 0 aliphatic carbocycles. The van der Waals surface area contributed by atoms with Gasteiger partial charge in [-0.1, -0.05) is 13.8 Å². The van der Waals surface area contributed by atoms with E-state index in [0.717, 1.165) is 6.42 Å². The number of nitrogens with zero attached hydrogens (tertiary/aromatic N) is 1. The molecule has 0 radical (unpaired) electrons. The van der Waals surface area contributed by atoms with Gasteiger partial charge in [0.2, 0.25) is 0 Å². The van der Waals surface area contributed by atoms with Crippen LogP contribution >= 0.6 is 0 Å². The van der Waals surface area contributed by atoms with Gasteiger partial charge in [-0.25, -0.2) is 0 Å². The zero-order chi connectivity index (χ0) is 10.7. The molecule has 0 spiro atoms. The van der Waals surface area contributed by atoms with Gasteiger partial charge < -0.3 is 4.74 Å². The minimum atomic E-state index is -0.433. The second-order valence-electron chi connectivity index (χ2n) is 4.23. The first-order valence-corrected chi connectivity index (χ1v) is 4.96. The van der Waals surface area contributed by atoms with Gasteiger partial charge in [0.15, 0.2) is 0 Å². The average Bonchev–Trinajstić information content (AvgIpc) is 2.00. The first-order chi connectivity index (χ1) is 6.49. The van der Waals surface area contributed by atoms with Crippen molar-refractivity contribution in [3.05, 3.63) is 0 Å². The molecule has 1 aliphatic heterocycles. The molecule has 1 aliphatic rings. The predicted octanol–water partition coefficient (Wildman–Crippen LogP) is 0.806. The predicted molar refractivity (Wildman–Crippen MR) is 51.6 cm³/mol. The molecule has 1 heterocycles. The molecular weight excluding hydrogens is 182 g/mol. The average molecular weight is 199 g/mol. The molecular formula is C10H17NO3. The van der Waals surface area contributed by atoms with Crippen LogP contribution in [0, 0.1) is 5.92 Å². The van der Waals surface area contributed by atoms with Crippen LogP contribution in [0.1, 0.15) is 27.2 Å². The van der Waals surface area contributed by atoms with Gasteiger partial charge in [0.1, 0.15) is 0 Å². The Hall–Kier alpha value is -0.900. The summed E-state index contributed by atoms with van der Waals surface area (Å²) in [4.78, 5) is 23.8. The van der Waals surface area contributed by atoms with Crippen LogP contribution in [0.25, 0.3) is 0 Å². The van der Waals surface area contributed by atoms with Crippen molar-refractivity contribution in [3.63, 3.8) is 0 Å². The Morgan fingerprint density at radius 1 is 1.21 bits per heavy atom. The van der Waals surface area contributed by atoms with Crippen LogP contribution in [0.2, 0.25) is 0 Å². The van der Waals surface area contributed by atoms with Crippen molar-refractivity contribution in [2.24, 2.45) is 5.92 Å². The van der Waals surface area contributed by atoms with Crippen molar-refractivity contribution in [2.45, 2.75) is 33.2 Å². The largest absolute Gasteiger partial charge is 0.391 e. The Labute approximate surface area is 84.2 Å². The van der Waals surface area contributed by atoms with Gasteiger partial charge in [0.25, 0.3) is 0 Å². The van der Waals surface area contributed by atoms with Crippen LogP contribution in [0.4, 0.5) is 0 Å². The molecule has 0 bridgehead atoms. The second-order valence-corrected chi connectivity index (χ2v) is 4.23. The minimum absolute atomic E-state index is 0.236. The third-order valence-electron chi connectivity index (χ3n) is 2.33. The molecule has 0 aromatic carbocycles. The van der Waals surface area contributed by atoms with Crippen LogP contribution in [0.15, 0.2) is 0 Å². The summed E-state index contributed by atoms with van der Waals surface area (Å²) in [6.45, 7) is 6.76. The van der Waals surface area contributed by atoms with E-state index >= 15 is 0 Å². The zero-order valence-corrected chi connectivity index (χ0v) is 8.95. The van der Waals surface area contributed by atoms with E-state index in [9.17, 15) is 9.59 Å². The number of hydrogen-bond acceptors (Lipinski definition) is 4. The van der Waals surface area contributed by atoms with E-state index in [1.54, 1.807) is 0 Å². The number of ether oxygens (including phenoxy) is 1. The van der Waals surface area contributed by atoms with Gasteiger partial charge >= 0.3 is 11.9 Å². The lowest BCUT2D eigenvalue weighted by Crippen LogP contribution is -2.47. The van der Waals surface area contributed by atoms with Crippen LogP contribution in [-0.2, 0) is 14.3 Å². The van der Waals surface area contributed by atoms with Crippen molar-refractivity contribution >= 4 is 11.9 Å². The first-order valence-electron chi connectivity index (χ1n) is 4.96. The standard InChI is InChI=1S/C10H17NO3/c1-7(2)4-8(3)11-5-9(12)14-10(13)6-11/h7-8H,4-6H2,1-3H3. The Balaban J connectivity index is 2.50. The molecule has 0 saturated carbocycles. The van der Waals surface area contributed by atoms with Gasteiger partial charge in [0.05, 0.1) is 13.1 Å². The van der Waals surface area contributed by atoms with E-state index in [4.69, 9.17) is 0 Å². The second kappa shape index (κ2) is 4.55. The third-order valence-corrected chi connectivity index (χ3v) is 2.33. The van der Waals surface area contributed by atoms with Gasteiger partial charge in [0, 0.05) is 6.04 Å². The van der Waals surface area contributed by atoms with Crippen LogP contribution in [-0.4, -0.2) is 36.0 Å². The molecule has 1 unspecified atom stereocenters. The highest BCUT2D eigenvalue weighted by Crippen LogP contribution is 2.13. The Kier molecular flexibility index (Phi) is 3.63. The monoisotopic (exact) mass is 199 g/mol. The molecule has 4 nitrogen and oxygen atoms in total. The van der Waals surface area contributed by atoms with E-state index in [0.29, 0.717) is 5.92 Å². The normalized spacial score (nSPS) is 21.1. The fraction of sp³-hybridized carbons (Fsp3) is 0.800. The molecule has 1 saturated heterocycles. The lowest BCUT2D eigenvalue weighted by molar-refractivity contribution is -0.168. The number of carbonyl (C=O) groups is 2. The van der Waals surface area contributed by atoms with Gasteiger partial charge in [-0.15, -0.1) is 0 Å². The maximum Gasteiger partial charge on any atom is 0.327 e. The number of esters is 2. The maximum absolute atomic E-state index is 11.0. The molecule has 1 rings (SSSR count). The quantitative estimate of drug-likeness (QED) is 0.498. The molecule has 80 valence electrons. The van der Waals surface area contributed by atoms with Gasteiger partial charge in [-0.05, 0) is 19.3 Å². The third kappa shape index (κ3) is 3.10. The Morgan fingerprint density at radius 2 is 1.71 bits per heavy atom. The summed E-state index contributed by atoms with van der Waals surface area (Å²) < 4.78 is 4.45. The number of cyclic esters (lactones) is 2. The highest BCUT2D eigenvalue weighted by atomic mass is 16.6. The highest BCUT2D eigenvalue weighted by molar-refractivity contribution is 5.90. The lowest BCUT2D eigenvalue weighted by Gasteiger charge is -2.30. The Morgan fingerprint density at radius 3 is 2.14 bits per heavy atom. The SMILES string of the molecule is CC(C)CC(C)N1CC(=O)OC(=O)C1. The summed E-state index contributed by atoms with van der Waals surface area (Å²) in [5.74, 6) is -0.299. The molecule has 4 heteroatoms. The van der Waals surface area contributed by atoms with Crippen molar-refractivity contribution in [1.29, 1.82) is 0 Å². The highest BCUT2D eigenvalue weighted by Gasteiger charge is 2.28. The number of rotatable bonds is 3. The number of morpholine rings is 1. The Bertz CT molecular complexity index is 222. The summed E-state index contributed by atoms with van der Waals surface area (Å²) in [5.41, 5.74) is 0. The van der Waals surface area contributed by atoms with E-state index in [2.05, 4.69) is 18.6 Å².